The fraction of sp³-hybridized carbons (Fsp3) is 0.929. The van der Waals surface area contributed by atoms with E-state index in [0.717, 1.165) is 38.5 Å². The van der Waals surface area contributed by atoms with E-state index in [-0.39, 0.29) is 30.0 Å². The van der Waals surface area contributed by atoms with E-state index in [9.17, 15) is 4.79 Å². The van der Waals surface area contributed by atoms with E-state index < -0.39 is 0 Å². The fourth-order valence-corrected chi connectivity index (χ4v) is 3.41. The van der Waals surface area contributed by atoms with Gasteiger partial charge in [0.1, 0.15) is 0 Å². The summed E-state index contributed by atoms with van der Waals surface area (Å²) in [6, 6.07) is 0.202. The van der Waals surface area contributed by atoms with Gasteiger partial charge in [-0.05, 0) is 38.0 Å². The van der Waals surface area contributed by atoms with E-state index in [4.69, 9.17) is 10.5 Å². The summed E-state index contributed by atoms with van der Waals surface area (Å²) in [7, 11) is 1.73. The standard InChI is InChI=1S/C14H26N2O2/c1-9-5-3-6-10(13(9)15)14(17)16-11-7-4-8-12(11)18-2/h9-13H,3-8,15H2,1-2H3,(H,16,17). The molecule has 0 aromatic heterocycles. The number of hydrogen-bond donors (Lipinski definition) is 2. The largest absolute Gasteiger partial charge is 0.379 e. The highest BCUT2D eigenvalue weighted by Crippen LogP contribution is 2.29. The van der Waals surface area contributed by atoms with Gasteiger partial charge in [0.15, 0.2) is 0 Å². The maximum atomic E-state index is 12.3. The Hall–Kier alpha value is -0.610. The Morgan fingerprint density at radius 1 is 1.22 bits per heavy atom. The van der Waals surface area contributed by atoms with Gasteiger partial charge in [0.2, 0.25) is 5.91 Å². The molecule has 2 rings (SSSR count). The summed E-state index contributed by atoms with van der Waals surface area (Å²) in [5.41, 5.74) is 6.17. The van der Waals surface area contributed by atoms with Gasteiger partial charge in [-0.25, -0.2) is 0 Å². The molecule has 2 aliphatic rings. The molecule has 0 aliphatic heterocycles. The molecule has 0 bridgehead atoms. The van der Waals surface area contributed by atoms with Crippen molar-refractivity contribution in [2.75, 3.05) is 7.11 Å². The van der Waals surface area contributed by atoms with Crippen LogP contribution in [0.1, 0.15) is 45.4 Å². The summed E-state index contributed by atoms with van der Waals surface area (Å²) >= 11 is 0. The smallest absolute Gasteiger partial charge is 0.224 e. The molecule has 104 valence electrons. The van der Waals surface area contributed by atoms with Gasteiger partial charge in [-0.1, -0.05) is 13.3 Å². The minimum atomic E-state index is -0.00754. The fourth-order valence-electron chi connectivity index (χ4n) is 3.41. The lowest BCUT2D eigenvalue weighted by molar-refractivity contribution is -0.128. The second-order valence-electron chi connectivity index (χ2n) is 5.91. The SMILES string of the molecule is COC1CCCC1NC(=O)C1CCCC(C)C1N. The van der Waals surface area contributed by atoms with Crippen LogP contribution < -0.4 is 11.1 Å². The quantitative estimate of drug-likeness (QED) is 0.801. The first-order valence-electron chi connectivity index (χ1n) is 7.22. The average Bonchev–Trinajstić information content (AvgIpc) is 2.79. The first kappa shape index (κ1) is 13.8. The minimum absolute atomic E-state index is 0.00754. The topological polar surface area (TPSA) is 64.3 Å². The molecule has 0 heterocycles. The monoisotopic (exact) mass is 254 g/mol. The van der Waals surface area contributed by atoms with Crippen LogP contribution in [0, 0.1) is 11.8 Å². The highest BCUT2D eigenvalue weighted by Gasteiger charge is 2.35. The molecule has 3 N–H and O–H groups in total. The Kier molecular flexibility index (Phi) is 4.62. The molecular weight excluding hydrogens is 228 g/mol. The van der Waals surface area contributed by atoms with Gasteiger partial charge in [-0.3, -0.25) is 4.79 Å². The molecule has 0 aromatic rings. The molecule has 4 nitrogen and oxygen atoms in total. The van der Waals surface area contributed by atoms with Crippen LogP contribution >= 0.6 is 0 Å². The highest BCUT2D eigenvalue weighted by atomic mass is 16.5. The molecule has 2 aliphatic carbocycles. The van der Waals surface area contributed by atoms with Gasteiger partial charge in [-0.15, -0.1) is 0 Å². The van der Waals surface area contributed by atoms with Gasteiger partial charge in [0.05, 0.1) is 18.1 Å². The summed E-state index contributed by atoms with van der Waals surface area (Å²) in [5.74, 6) is 0.589. The zero-order valence-electron chi connectivity index (χ0n) is 11.5. The number of methoxy groups -OCH3 is 1. The predicted molar refractivity (Wildman–Crippen MR) is 71.1 cm³/mol. The lowest BCUT2D eigenvalue weighted by Crippen LogP contribution is -2.51. The molecule has 4 heteroatoms. The molecule has 1 amide bonds. The number of ether oxygens (including phenoxy) is 1. The highest BCUT2D eigenvalue weighted by molar-refractivity contribution is 5.80. The van der Waals surface area contributed by atoms with Crippen LogP contribution in [0.25, 0.3) is 0 Å². The Bertz CT molecular complexity index is 296. The van der Waals surface area contributed by atoms with Crippen molar-refractivity contribution in [3.05, 3.63) is 0 Å². The summed E-state index contributed by atoms with van der Waals surface area (Å²) < 4.78 is 5.41. The van der Waals surface area contributed by atoms with E-state index in [2.05, 4.69) is 12.2 Å². The summed E-state index contributed by atoms with van der Waals surface area (Å²) in [5, 5.41) is 3.16. The number of amides is 1. The number of hydrogen-bond acceptors (Lipinski definition) is 3. The van der Waals surface area contributed by atoms with Crippen LogP contribution in [0.15, 0.2) is 0 Å². The second kappa shape index (κ2) is 6.02. The van der Waals surface area contributed by atoms with Crippen molar-refractivity contribution < 1.29 is 9.53 Å². The number of nitrogens with two attached hydrogens (primary N) is 1. The molecule has 0 radical (unpaired) electrons. The van der Waals surface area contributed by atoms with Crippen molar-refractivity contribution in [2.24, 2.45) is 17.6 Å². The third kappa shape index (κ3) is 2.86. The Balaban J connectivity index is 1.90. The van der Waals surface area contributed by atoms with E-state index in [1.165, 1.54) is 0 Å². The van der Waals surface area contributed by atoms with Crippen molar-refractivity contribution in [1.82, 2.24) is 5.32 Å². The van der Waals surface area contributed by atoms with Gasteiger partial charge >= 0.3 is 0 Å². The van der Waals surface area contributed by atoms with E-state index in [1.54, 1.807) is 7.11 Å². The van der Waals surface area contributed by atoms with E-state index in [0.29, 0.717) is 5.92 Å². The van der Waals surface area contributed by atoms with Crippen molar-refractivity contribution >= 4 is 5.91 Å². The van der Waals surface area contributed by atoms with E-state index >= 15 is 0 Å². The first-order chi connectivity index (χ1) is 8.63. The number of carbonyl (C=O) groups is 1. The van der Waals surface area contributed by atoms with Gasteiger partial charge in [0, 0.05) is 13.2 Å². The summed E-state index contributed by atoms with van der Waals surface area (Å²) in [6.45, 7) is 2.15. The number of rotatable bonds is 3. The van der Waals surface area contributed by atoms with E-state index in [1.807, 2.05) is 0 Å². The van der Waals surface area contributed by atoms with Crippen molar-refractivity contribution in [3.63, 3.8) is 0 Å². The third-order valence-electron chi connectivity index (χ3n) is 4.72. The number of carbonyl (C=O) groups excluding carboxylic acids is 1. The Morgan fingerprint density at radius 2 is 1.94 bits per heavy atom. The van der Waals surface area contributed by atoms with Crippen molar-refractivity contribution in [3.8, 4) is 0 Å². The molecule has 18 heavy (non-hydrogen) atoms. The molecular formula is C14H26N2O2. The normalized spacial score (nSPS) is 40.7. The van der Waals surface area contributed by atoms with Crippen LogP contribution in [0.3, 0.4) is 0 Å². The van der Waals surface area contributed by atoms with Gasteiger partial charge in [-0.2, -0.15) is 0 Å². The zero-order valence-corrected chi connectivity index (χ0v) is 11.5. The predicted octanol–water partition coefficient (Wildman–Crippen LogP) is 1.43. The number of nitrogens with one attached hydrogen (secondary N) is 1. The second-order valence-corrected chi connectivity index (χ2v) is 5.91. The molecule has 2 fully saturated rings. The van der Waals surface area contributed by atoms with Crippen LogP contribution in [0.4, 0.5) is 0 Å². The summed E-state index contributed by atoms with van der Waals surface area (Å²) in [6.07, 6.45) is 6.60. The Morgan fingerprint density at radius 3 is 2.67 bits per heavy atom. The van der Waals surface area contributed by atoms with Crippen molar-refractivity contribution in [2.45, 2.75) is 63.6 Å². The third-order valence-corrected chi connectivity index (χ3v) is 4.72. The zero-order chi connectivity index (χ0) is 13.1. The molecule has 5 atom stereocenters. The maximum Gasteiger partial charge on any atom is 0.224 e. The first-order valence-corrected chi connectivity index (χ1v) is 7.22. The maximum absolute atomic E-state index is 12.3. The molecule has 0 spiro atoms. The Labute approximate surface area is 110 Å². The lowest BCUT2D eigenvalue weighted by Gasteiger charge is -2.34. The average molecular weight is 254 g/mol. The van der Waals surface area contributed by atoms with Gasteiger partial charge in [0.25, 0.3) is 0 Å². The summed E-state index contributed by atoms with van der Waals surface area (Å²) in [4.78, 5) is 12.3. The minimum Gasteiger partial charge on any atom is -0.379 e. The van der Waals surface area contributed by atoms with Crippen LogP contribution in [0.2, 0.25) is 0 Å². The molecule has 0 aromatic carbocycles. The molecule has 2 saturated carbocycles. The van der Waals surface area contributed by atoms with Crippen LogP contribution in [0.5, 0.6) is 0 Å². The van der Waals surface area contributed by atoms with Crippen LogP contribution in [-0.4, -0.2) is 31.2 Å². The molecule has 0 saturated heterocycles. The molecule has 5 unspecified atom stereocenters. The lowest BCUT2D eigenvalue weighted by atomic mass is 9.77. The van der Waals surface area contributed by atoms with Crippen molar-refractivity contribution in [1.29, 1.82) is 0 Å². The van der Waals surface area contributed by atoms with Gasteiger partial charge < -0.3 is 15.8 Å². The van der Waals surface area contributed by atoms with Crippen LogP contribution in [-0.2, 0) is 9.53 Å².